The summed E-state index contributed by atoms with van der Waals surface area (Å²) >= 11 is 0. The molecule has 0 radical (unpaired) electrons. The molecule has 0 aliphatic carbocycles. The van der Waals surface area contributed by atoms with E-state index in [4.69, 9.17) is 0 Å². The average molecular weight is 360 g/mol. The molecule has 4 rings (SSSR count). The van der Waals surface area contributed by atoms with Crippen molar-refractivity contribution in [2.24, 2.45) is 0 Å². The molecular formula is C20H20N6O. The summed E-state index contributed by atoms with van der Waals surface area (Å²) in [6, 6.07) is 17.3. The SMILES string of the molecule is Cc1cccc2c1ccn2CCNC(=O)[C@H](c1ccccc1)n1cnnn1. The van der Waals surface area contributed by atoms with E-state index in [1.165, 1.54) is 27.5 Å². The first-order valence-corrected chi connectivity index (χ1v) is 8.83. The van der Waals surface area contributed by atoms with Gasteiger partial charge in [-0.3, -0.25) is 4.79 Å². The van der Waals surface area contributed by atoms with Crippen LogP contribution in [-0.4, -0.2) is 37.2 Å². The molecule has 1 atom stereocenters. The zero-order chi connectivity index (χ0) is 18.6. The van der Waals surface area contributed by atoms with Crippen molar-refractivity contribution in [1.29, 1.82) is 0 Å². The van der Waals surface area contributed by atoms with E-state index in [9.17, 15) is 4.79 Å². The Morgan fingerprint density at radius 2 is 1.96 bits per heavy atom. The molecule has 0 aliphatic rings. The number of carbonyl (C=O) groups excluding carboxylic acids is 1. The van der Waals surface area contributed by atoms with Crippen LogP contribution in [0.5, 0.6) is 0 Å². The summed E-state index contributed by atoms with van der Waals surface area (Å²) in [5.74, 6) is -0.138. The fraction of sp³-hybridized carbons (Fsp3) is 0.200. The summed E-state index contributed by atoms with van der Waals surface area (Å²) in [5.41, 5.74) is 3.26. The van der Waals surface area contributed by atoms with E-state index in [2.05, 4.69) is 62.8 Å². The molecule has 2 aromatic heterocycles. The molecule has 2 aromatic carbocycles. The zero-order valence-electron chi connectivity index (χ0n) is 15.0. The molecule has 0 unspecified atom stereocenters. The summed E-state index contributed by atoms with van der Waals surface area (Å²) in [5, 5.41) is 15.5. The van der Waals surface area contributed by atoms with Crippen molar-refractivity contribution in [3.63, 3.8) is 0 Å². The van der Waals surface area contributed by atoms with Crippen LogP contribution in [-0.2, 0) is 11.3 Å². The van der Waals surface area contributed by atoms with E-state index < -0.39 is 6.04 Å². The first-order valence-electron chi connectivity index (χ1n) is 8.83. The van der Waals surface area contributed by atoms with Gasteiger partial charge in [-0.25, -0.2) is 4.68 Å². The van der Waals surface area contributed by atoms with Crippen LogP contribution in [0.1, 0.15) is 17.2 Å². The summed E-state index contributed by atoms with van der Waals surface area (Å²) in [4.78, 5) is 12.9. The molecule has 136 valence electrons. The number of tetrazole rings is 1. The van der Waals surface area contributed by atoms with Gasteiger partial charge in [0, 0.05) is 30.2 Å². The Morgan fingerprint density at radius 1 is 1.11 bits per heavy atom. The van der Waals surface area contributed by atoms with Crippen molar-refractivity contribution in [2.45, 2.75) is 19.5 Å². The van der Waals surface area contributed by atoms with Gasteiger partial charge in [0.1, 0.15) is 6.33 Å². The molecule has 0 saturated carbocycles. The molecule has 1 amide bonds. The van der Waals surface area contributed by atoms with Gasteiger partial charge in [-0.2, -0.15) is 0 Å². The number of aryl methyl sites for hydroxylation is 1. The largest absolute Gasteiger partial charge is 0.352 e. The molecule has 0 fully saturated rings. The lowest BCUT2D eigenvalue weighted by Gasteiger charge is -2.17. The highest BCUT2D eigenvalue weighted by Crippen LogP contribution is 2.19. The number of fused-ring (bicyclic) bond motifs is 1. The normalized spacial score (nSPS) is 12.2. The van der Waals surface area contributed by atoms with Crippen LogP contribution in [0.2, 0.25) is 0 Å². The molecule has 0 bridgehead atoms. The Balaban J connectivity index is 1.48. The third-order valence-corrected chi connectivity index (χ3v) is 4.68. The third-order valence-electron chi connectivity index (χ3n) is 4.68. The summed E-state index contributed by atoms with van der Waals surface area (Å²) in [6.45, 7) is 3.31. The number of amides is 1. The van der Waals surface area contributed by atoms with Gasteiger partial charge < -0.3 is 9.88 Å². The Hall–Kier alpha value is -3.48. The van der Waals surface area contributed by atoms with Crippen LogP contribution < -0.4 is 5.32 Å². The number of rotatable bonds is 6. The minimum atomic E-state index is -0.593. The summed E-state index contributed by atoms with van der Waals surface area (Å²) < 4.78 is 3.62. The third kappa shape index (κ3) is 3.44. The quantitative estimate of drug-likeness (QED) is 0.572. The van der Waals surface area contributed by atoms with Crippen molar-refractivity contribution in [1.82, 2.24) is 30.1 Å². The van der Waals surface area contributed by atoms with Crippen molar-refractivity contribution < 1.29 is 4.79 Å². The summed E-state index contributed by atoms with van der Waals surface area (Å²) in [6.07, 6.45) is 3.51. The Kier molecular flexibility index (Phi) is 4.65. The predicted molar refractivity (Wildman–Crippen MR) is 102 cm³/mol. The van der Waals surface area contributed by atoms with Crippen molar-refractivity contribution >= 4 is 16.8 Å². The smallest absolute Gasteiger partial charge is 0.249 e. The number of hydrogen-bond donors (Lipinski definition) is 1. The second kappa shape index (κ2) is 7.41. The highest BCUT2D eigenvalue weighted by atomic mass is 16.2. The van der Waals surface area contributed by atoms with Crippen LogP contribution in [0.15, 0.2) is 67.1 Å². The lowest BCUT2D eigenvalue weighted by molar-refractivity contribution is -0.123. The highest BCUT2D eigenvalue weighted by molar-refractivity contribution is 5.84. The van der Waals surface area contributed by atoms with Gasteiger partial charge in [0.25, 0.3) is 0 Å². The monoisotopic (exact) mass is 360 g/mol. The van der Waals surface area contributed by atoms with Gasteiger partial charge in [-0.05, 0) is 40.6 Å². The highest BCUT2D eigenvalue weighted by Gasteiger charge is 2.23. The number of hydrogen-bond acceptors (Lipinski definition) is 4. The number of benzene rings is 2. The molecule has 7 nitrogen and oxygen atoms in total. The van der Waals surface area contributed by atoms with Gasteiger partial charge in [0.15, 0.2) is 6.04 Å². The van der Waals surface area contributed by atoms with E-state index in [-0.39, 0.29) is 5.91 Å². The summed E-state index contributed by atoms with van der Waals surface area (Å²) in [7, 11) is 0. The number of carbonyl (C=O) groups is 1. The molecule has 7 heteroatoms. The fourth-order valence-electron chi connectivity index (χ4n) is 3.31. The topological polar surface area (TPSA) is 77.6 Å². The molecule has 27 heavy (non-hydrogen) atoms. The Labute approximate surface area is 156 Å². The zero-order valence-corrected chi connectivity index (χ0v) is 15.0. The van der Waals surface area contributed by atoms with Crippen molar-refractivity contribution in [3.05, 3.63) is 78.2 Å². The number of nitrogens with zero attached hydrogens (tertiary/aromatic N) is 5. The first-order chi connectivity index (χ1) is 13.2. The molecule has 2 heterocycles. The van der Waals surface area contributed by atoms with Crippen LogP contribution in [0.3, 0.4) is 0 Å². The van der Waals surface area contributed by atoms with Gasteiger partial charge in [-0.1, -0.05) is 42.5 Å². The van der Waals surface area contributed by atoms with Gasteiger partial charge in [0.2, 0.25) is 5.91 Å². The molecule has 4 aromatic rings. The minimum absolute atomic E-state index is 0.138. The second-order valence-corrected chi connectivity index (χ2v) is 6.41. The minimum Gasteiger partial charge on any atom is -0.352 e. The van der Waals surface area contributed by atoms with Crippen molar-refractivity contribution in [2.75, 3.05) is 6.54 Å². The fourth-order valence-corrected chi connectivity index (χ4v) is 3.31. The van der Waals surface area contributed by atoms with Gasteiger partial charge in [-0.15, -0.1) is 5.10 Å². The van der Waals surface area contributed by atoms with E-state index in [0.29, 0.717) is 13.1 Å². The van der Waals surface area contributed by atoms with E-state index in [0.717, 1.165) is 5.56 Å². The second-order valence-electron chi connectivity index (χ2n) is 6.41. The standard InChI is InChI=1S/C20H20N6O/c1-15-6-5-9-18-17(15)10-12-25(18)13-11-21-20(27)19(26-14-22-23-24-26)16-7-3-2-4-8-16/h2-10,12,14,19H,11,13H2,1H3,(H,21,27)/t19-/m0/s1. The maximum Gasteiger partial charge on any atom is 0.249 e. The number of aromatic nitrogens is 5. The van der Waals surface area contributed by atoms with E-state index in [1.54, 1.807) is 0 Å². The predicted octanol–water partition coefficient (Wildman–Crippen LogP) is 2.34. The lowest BCUT2D eigenvalue weighted by Crippen LogP contribution is -2.35. The first kappa shape index (κ1) is 17.0. The molecule has 1 N–H and O–H groups in total. The Morgan fingerprint density at radius 3 is 2.74 bits per heavy atom. The maximum absolute atomic E-state index is 12.9. The Bertz CT molecular complexity index is 1040. The molecular weight excluding hydrogens is 340 g/mol. The molecule has 0 spiro atoms. The van der Waals surface area contributed by atoms with E-state index >= 15 is 0 Å². The molecule has 0 aliphatic heterocycles. The van der Waals surface area contributed by atoms with Crippen LogP contribution in [0.25, 0.3) is 10.9 Å². The molecule has 0 saturated heterocycles. The van der Waals surface area contributed by atoms with E-state index in [1.807, 2.05) is 30.3 Å². The van der Waals surface area contributed by atoms with Gasteiger partial charge >= 0.3 is 0 Å². The maximum atomic E-state index is 12.9. The van der Waals surface area contributed by atoms with Crippen LogP contribution in [0, 0.1) is 6.92 Å². The van der Waals surface area contributed by atoms with Crippen LogP contribution >= 0.6 is 0 Å². The number of nitrogens with one attached hydrogen (secondary N) is 1. The van der Waals surface area contributed by atoms with Crippen LogP contribution in [0.4, 0.5) is 0 Å². The van der Waals surface area contributed by atoms with Crippen molar-refractivity contribution in [3.8, 4) is 0 Å². The lowest BCUT2D eigenvalue weighted by atomic mass is 10.1. The average Bonchev–Trinajstić information content (AvgIpc) is 3.34. The van der Waals surface area contributed by atoms with Gasteiger partial charge in [0.05, 0.1) is 0 Å².